The van der Waals surface area contributed by atoms with Crippen LogP contribution in [0.2, 0.25) is 0 Å². The molecule has 28 heavy (non-hydrogen) atoms. The van der Waals surface area contributed by atoms with Gasteiger partial charge in [0, 0.05) is 41.2 Å². The molecule has 1 fully saturated rings. The minimum atomic E-state index is 0.0243. The Morgan fingerprint density at radius 2 is 2.00 bits per heavy atom. The third-order valence-corrected chi connectivity index (χ3v) is 7.07. The van der Waals surface area contributed by atoms with Crippen LogP contribution < -0.4 is 5.32 Å². The number of ether oxygens (including phenoxy) is 1. The van der Waals surface area contributed by atoms with Crippen LogP contribution in [0.4, 0.5) is 0 Å². The number of morpholine rings is 1. The molecule has 152 valence electrons. The van der Waals surface area contributed by atoms with Gasteiger partial charge in [-0.3, -0.25) is 9.69 Å². The van der Waals surface area contributed by atoms with Crippen LogP contribution in [0.1, 0.15) is 35.5 Å². The van der Waals surface area contributed by atoms with Crippen molar-refractivity contribution in [2.75, 3.05) is 32.8 Å². The third-order valence-electron chi connectivity index (χ3n) is 4.89. The van der Waals surface area contributed by atoms with Crippen molar-refractivity contribution in [2.45, 2.75) is 37.0 Å². The minimum Gasteiger partial charge on any atom is -0.379 e. The van der Waals surface area contributed by atoms with Crippen molar-refractivity contribution in [3.05, 3.63) is 52.2 Å². The highest BCUT2D eigenvalue weighted by Crippen LogP contribution is 2.28. The molecular weight excluding hydrogens is 388 g/mol. The van der Waals surface area contributed by atoms with E-state index in [9.17, 15) is 4.79 Å². The molecule has 6 heteroatoms. The lowest BCUT2D eigenvalue weighted by molar-refractivity contribution is 0.0124. The van der Waals surface area contributed by atoms with Crippen LogP contribution >= 0.6 is 23.1 Å². The molecule has 1 unspecified atom stereocenters. The summed E-state index contributed by atoms with van der Waals surface area (Å²) in [4.78, 5) is 17.8. The highest BCUT2D eigenvalue weighted by Gasteiger charge is 2.23. The Hall–Kier alpha value is -1.34. The van der Waals surface area contributed by atoms with Gasteiger partial charge < -0.3 is 10.1 Å². The SMILES string of the molecule is CC(C)CC(CNC(=O)c1ccccc1SCc1cccs1)N1CCOCC1. The second-order valence-electron chi connectivity index (χ2n) is 7.51. The van der Waals surface area contributed by atoms with Crippen LogP contribution in [0.25, 0.3) is 0 Å². The van der Waals surface area contributed by atoms with E-state index in [2.05, 4.69) is 41.6 Å². The molecule has 1 aromatic heterocycles. The standard InChI is InChI=1S/C22H30N2O2S2/c1-17(2)14-18(24-9-11-26-12-10-24)15-23-22(25)20-7-3-4-8-21(20)28-16-19-6-5-13-27-19/h3-8,13,17-18H,9-12,14-16H2,1-2H3,(H,23,25). The highest BCUT2D eigenvalue weighted by molar-refractivity contribution is 7.98. The molecule has 0 radical (unpaired) electrons. The Morgan fingerprint density at radius 3 is 2.71 bits per heavy atom. The lowest BCUT2D eigenvalue weighted by atomic mass is 10.0. The van der Waals surface area contributed by atoms with Crippen molar-refractivity contribution in [1.82, 2.24) is 10.2 Å². The van der Waals surface area contributed by atoms with Crippen LogP contribution in [0, 0.1) is 5.92 Å². The zero-order valence-corrected chi connectivity index (χ0v) is 18.4. The molecule has 1 N–H and O–H groups in total. The van der Waals surface area contributed by atoms with Gasteiger partial charge >= 0.3 is 0 Å². The van der Waals surface area contributed by atoms with Gasteiger partial charge in [0.2, 0.25) is 0 Å². The Kier molecular flexibility index (Phi) is 8.40. The van der Waals surface area contributed by atoms with Crippen molar-refractivity contribution in [3.63, 3.8) is 0 Å². The summed E-state index contributed by atoms with van der Waals surface area (Å²) in [6, 6.07) is 12.5. The molecule has 0 aliphatic carbocycles. The first-order valence-corrected chi connectivity index (χ1v) is 11.8. The fraction of sp³-hybridized carbons (Fsp3) is 0.500. The van der Waals surface area contributed by atoms with Crippen molar-refractivity contribution in [2.24, 2.45) is 5.92 Å². The zero-order chi connectivity index (χ0) is 19.8. The summed E-state index contributed by atoms with van der Waals surface area (Å²) >= 11 is 3.48. The molecule has 2 aromatic rings. The van der Waals surface area contributed by atoms with E-state index in [1.54, 1.807) is 23.1 Å². The molecule has 1 aliphatic heterocycles. The third kappa shape index (κ3) is 6.34. The average molecular weight is 419 g/mol. The Balaban J connectivity index is 1.61. The molecule has 3 rings (SSSR count). The zero-order valence-electron chi connectivity index (χ0n) is 16.7. The molecule has 1 amide bonds. The van der Waals surface area contributed by atoms with Gasteiger partial charge in [-0.15, -0.1) is 23.1 Å². The fourth-order valence-corrected chi connectivity index (χ4v) is 5.30. The number of nitrogens with zero attached hydrogens (tertiary/aromatic N) is 1. The van der Waals surface area contributed by atoms with E-state index in [0.717, 1.165) is 48.9 Å². The number of benzene rings is 1. The first-order valence-electron chi connectivity index (χ1n) is 9.97. The molecule has 2 heterocycles. The second-order valence-corrected chi connectivity index (χ2v) is 9.56. The Labute approximate surface area is 176 Å². The summed E-state index contributed by atoms with van der Waals surface area (Å²) < 4.78 is 5.49. The lowest BCUT2D eigenvalue weighted by Gasteiger charge is -2.35. The van der Waals surface area contributed by atoms with Crippen molar-refractivity contribution in [3.8, 4) is 0 Å². The molecule has 1 aromatic carbocycles. The predicted octanol–water partition coefficient (Wildman–Crippen LogP) is 4.52. The largest absolute Gasteiger partial charge is 0.379 e. The summed E-state index contributed by atoms with van der Waals surface area (Å²) in [5, 5.41) is 5.30. The van der Waals surface area contributed by atoms with E-state index in [4.69, 9.17) is 4.74 Å². The summed E-state index contributed by atoms with van der Waals surface area (Å²) in [5.74, 6) is 1.51. The maximum atomic E-state index is 12.9. The van der Waals surface area contributed by atoms with Gasteiger partial charge in [0.25, 0.3) is 5.91 Å². The number of amides is 1. The number of thioether (sulfide) groups is 1. The summed E-state index contributed by atoms with van der Waals surface area (Å²) in [6.07, 6.45) is 1.08. The normalized spacial score (nSPS) is 16.2. The molecule has 1 saturated heterocycles. The minimum absolute atomic E-state index is 0.0243. The molecule has 4 nitrogen and oxygen atoms in total. The van der Waals surface area contributed by atoms with Crippen molar-refractivity contribution >= 4 is 29.0 Å². The van der Waals surface area contributed by atoms with E-state index in [0.29, 0.717) is 18.5 Å². The fourth-order valence-electron chi connectivity index (χ4n) is 3.48. The number of hydrogen-bond donors (Lipinski definition) is 1. The molecule has 0 spiro atoms. The van der Waals surface area contributed by atoms with Gasteiger partial charge in [-0.2, -0.15) is 0 Å². The van der Waals surface area contributed by atoms with Crippen LogP contribution in [-0.2, 0) is 10.5 Å². The van der Waals surface area contributed by atoms with Gasteiger partial charge in [0.15, 0.2) is 0 Å². The van der Waals surface area contributed by atoms with E-state index < -0.39 is 0 Å². The lowest BCUT2D eigenvalue weighted by Crippen LogP contribution is -2.49. The maximum absolute atomic E-state index is 12.9. The average Bonchev–Trinajstić information content (AvgIpc) is 3.23. The predicted molar refractivity (Wildman–Crippen MR) is 118 cm³/mol. The summed E-state index contributed by atoms with van der Waals surface area (Å²) in [5.41, 5.74) is 0.773. The van der Waals surface area contributed by atoms with Gasteiger partial charge in [0.1, 0.15) is 0 Å². The first kappa shape index (κ1) is 21.4. The number of hydrogen-bond acceptors (Lipinski definition) is 5. The Bertz CT molecular complexity index is 728. The van der Waals surface area contributed by atoms with E-state index in [-0.39, 0.29) is 5.91 Å². The second kappa shape index (κ2) is 11.0. The van der Waals surface area contributed by atoms with Gasteiger partial charge in [-0.1, -0.05) is 32.0 Å². The quantitative estimate of drug-likeness (QED) is 0.608. The summed E-state index contributed by atoms with van der Waals surface area (Å²) in [6.45, 7) is 8.62. The maximum Gasteiger partial charge on any atom is 0.252 e. The van der Waals surface area contributed by atoms with Gasteiger partial charge in [-0.05, 0) is 35.9 Å². The molecule has 0 saturated carbocycles. The number of rotatable bonds is 9. The topological polar surface area (TPSA) is 41.6 Å². The number of nitrogens with one attached hydrogen (secondary N) is 1. The van der Waals surface area contributed by atoms with E-state index in [1.807, 2.05) is 24.3 Å². The van der Waals surface area contributed by atoms with Crippen LogP contribution in [0.3, 0.4) is 0 Å². The monoisotopic (exact) mass is 418 g/mol. The van der Waals surface area contributed by atoms with E-state index >= 15 is 0 Å². The Morgan fingerprint density at radius 1 is 1.21 bits per heavy atom. The number of carbonyl (C=O) groups is 1. The first-order chi connectivity index (χ1) is 13.6. The van der Waals surface area contributed by atoms with Crippen LogP contribution in [-0.4, -0.2) is 49.7 Å². The molecular formula is C22H30N2O2S2. The van der Waals surface area contributed by atoms with Crippen LogP contribution in [0.5, 0.6) is 0 Å². The molecule has 1 aliphatic rings. The number of carbonyl (C=O) groups excluding carboxylic acids is 1. The van der Waals surface area contributed by atoms with Crippen LogP contribution in [0.15, 0.2) is 46.7 Å². The van der Waals surface area contributed by atoms with Gasteiger partial charge in [0.05, 0.1) is 18.8 Å². The van der Waals surface area contributed by atoms with Crippen molar-refractivity contribution in [1.29, 1.82) is 0 Å². The smallest absolute Gasteiger partial charge is 0.252 e. The summed E-state index contributed by atoms with van der Waals surface area (Å²) in [7, 11) is 0. The van der Waals surface area contributed by atoms with Crippen molar-refractivity contribution < 1.29 is 9.53 Å². The highest BCUT2D eigenvalue weighted by atomic mass is 32.2. The number of thiophene rings is 1. The van der Waals surface area contributed by atoms with Gasteiger partial charge in [-0.25, -0.2) is 0 Å². The van der Waals surface area contributed by atoms with E-state index in [1.165, 1.54) is 4.88 Å². The molecule has 0 bridgehead atoms. The molecule has 1 atom stereocenters.